The lowest BCUT2D eigenvalue weighted by Gasteiger charge is -2.34. The molecule has 0 radical (unpaired) electrons. The summed E-state index contributed by atoms with van der Waals surface area (Å²) in [4.78, 5) is 16.5. The number of piperazine rings is 1. The van der Waals surface area contributed by atoms with Gasteiger partial charge in [0.15, 0.2) is 0 Å². The predicted molar refractivity (Wildman–Crippen MR) is 97.3 cm³/mol. The first-order valence-corrected chi connectivity index (χ1v) is 9.41. The first kappa shape index (κ1) is 15.6. The smallest absolute Gasteiger partial charge is 0.227 e. The fourth-order valence-corrected chi connectivity index (χ4v) is 4.04. The Morgan fingerprint density at radius 1 is 0.833 bits per heavy atom. The highest BCUT2D eigenvalue weighted by molar-refractivity contribution is 7.15. The molecule has 0 saturated carbocycles. The maximum absolute atomic E-state index is 4.84. The van der Waals surface area contributed by atoms with E-state index in [2.05, 4.69) is 42.9 Å². The highest BCUT2D eigenvalue weighted by Crippen LogP contribution is 2.24. The second kappa shape index (κ2) is 6.51. The van der Waals surface area contributed by atoms with E-state index in [-0.39, 0.29) is 0 Å². The maximum atomic E-state index is 4.84. The van der Waals surface area contributed by atoms with Gasteiger partial charge in [0.2, 0.25) is 11.1 Å². The Balaban J connectivity index is 1.47. The largest absolute Gasteiger partial charge is 0.356 e. The zero-order valence-corrected chi connectivity index (χ0v) is 15.1. The number of hydrogen-bond acceptors (Lipinski definition) is 8. The third-order valence-corrected chi connectivity index (χ3v) is 5.51. The van der Waals surface area contributed by atoms with Gasteiger partial charge in [0.25, 0.3) is 0 Å². The summed E-state index contributed by atoms with van der Waals surface area (Å²) in [5.41, 5.74) is 1.05. The highest BCUT2D eigenvalue weighted by Gasteiger charge is 2.23. The molecule has 0 aliphatic carbocycles. The van der Waals surface area contributed by atoms with Gasteiger partial charge < -0.3 is 14.7 Å². The molecule has 2 aromatic rings. The first-order chi connectivity index (χ1) is 11.7. The van der Waals surface area contributed by atoms with Crippen molar-refractivity contribution in [3.05, 3.63) is 16.8 Å². The Hall–Kier alpha value is -1.96. The molecule has 0 spiro atoms. The molecule has 7 nitrogen and oxygen atoms in total. The molecule has 128 valence electrons. The van der Waals surface area contributed by atoms with Crippen molar-refractivity contribution < 1.29 is 0 Å². The van der Waals surface area contributed by atoms with Crippen molar-refractivity contribution in [2.45, 2.75) is 26.7 Å². The van der Waals surface area contributed by atoms with Crippen LogP contribution < -0.4 is 14.7 Å². The molecule has 0 N–H and O–H groups in total. The summed E-state index contributed by atoms with van der Waals surface area (Å²) >= 11 is 1.66. The van der Waals surface area contributed by atoms with Crippen molar-refractivity contribution in [2.24, 2.45) is 0 Å². The van der Waals surface area contributed by atoms with E-state index in [4.69, 9.17) is 4.98 Å². The maximum Gasteiger partial charge on any atom is 0.227 e. The molecule has 4 rings (SSSR count). The van der Waals surface area contributed by atoms with Gasteiger partial charge >= 0.3 is 0 Å². The third-order valence-electron chi connectivity index (χ3n) is 4.61. The van der Waals surface area contributed by atoms with Crippen LogP contribution in [0.4, 0.5) is 16.9 Å². The van der Waals surface area contributed by atoms with Crippen LogP contribution in [0.2, 0.25) is 0 Å². The van der Waals surface area contributed by atoms with Crippen LogP contribution in [0.25, 0.3) is 0 Å². The van der Waals surface area contributed by atoms with E-state index < -0.39 is 0 Å². The van der Waals surface area contributed by atoms with Gasteiger partial charge in [-0.1, -0.05) is 11.3 Å². The summed E-state index contributed by atoms with van der Waals surface area (Å²) in [7, 11) is 0. The van der Waals surface area contributed by atoms with E-state index in [0.717, 1.165) is 66.9 Å². The van der Waals surface area contributed by atoms with Crippen LogP contribution in [0, 0.1) is 13.8 Å². The van der Waals surface area contributed by atoms with Crippen LogP contribution in [0.1, 0.15) is 23.5 Å². The second-order valence-corrected chi connectivity index (χ2v) is 7.60. The van der Waals surface area contributed by atoms with Crippen molar-refractivity contribution >= 4 is 28.2 Å². The lowest BCUT2D eigenvalue weighted by Crippen LogP contribution is -2.47. The van der Waals surface area contributed by atoms with Gasteiger partial charge in [-0.05, 0) is 26.7 Å². The number of aromatic nitrogens is 4. The number of anilines is 3. The number of rotatable bonds is 3. The van der Waals surface area contributed by atoms with E-state index in [9.17, 15) is 0 Å². The normalized spacial score (nSPS) is 18.5. The van der Waals surface area contributed by atoms with Crippen molar-refractivity contribution in [1.29, 1.82) is 0 Å². The summed E-state index contributed by atoms with van der Waals surface area (Å²) in [6.45, 7) is 9.99. The van der Waals surface area contributed by atoms with Crippen LogP contribution >= 0.6 is 11.3 Å². The van der Waals surface area contributed by atoms with Gasteiger partial charge in [-0.3, -0.25) is 0 Å². The van der Waals surface area contributed by atoms with Crippen molar-refractivity contribution in [3.8, 4) is 0 Å². The quantitative estimate of drug-likeness (QED) is 0.841. The van der Waals surface area contributed by atoms with Crippen molar-refractivity contribution in [2.75, 3.05) is 54.0 Å². The average Bonchev–Trinajstić information content (AvgIpc) is 3.26. The number of hydrogen-bond donors (Lipinski definition) is 0. The molecule has 2 saturated heterocycles. The lowest BCUT2D eigenvalue weighted by atomic mass is 10.3. The molecule has 2 fully saturated rings. The zero-order valence-electron chi connectivity index (χ0n) is 14.3. The third kappa shape index (κ3) is 3.15. The minimum Gasteiger partial charge on any atom is -0.356 e. The minimum atomic E-state index is 0.866. The Bertz CT molecular complexity index is 702. The van der Waals surface area contributed by atoms with Gasteiger partial charge in [-0.2, -0.15) is 4.98 Å². The van der Waals surface area contributed by atoms with Crippen LogP contribution in [0.5, 0.6) is 0 Å². The Labute approximate surface area is 146 Å². The fraction of sp³-hybridized carbons (Fsp3) is 0.625. The van der Waals surface area contributed by atoms with E-state index in [1.807, 2.05) is 6.92 Å². The zero-order chi connectivity index (χ0) is 16.5. The molecule has 0 amide bonds. The Morgan fingerprint density at radius 3 is 2.21 bits per heavy atom. The van der Waals surface area contributed by atoms with Crippen molar-refractivity contribution in [1.82, 2.24) is 20.2 Å². The van der Waals surface area contributed by atoms with Crippen molar-refractivity contribution in [3.63, 3.8) is 0 Å². The average molecular weight is 345 g/mol. The van der Waals surface area contributed by atoms with E-state index >= 15 is 0 Å². The molecular formula is C16H23N7S. The molecule has 0 unspecified atom stereocenters. The summed E-state index contributed by atoms with van der Waals surface area (Å²) in [6, 6.07) is 2.11. The first-order valence-electron chi connectivity index (χ1n) is 8.60. The highest BCUT2D eigenvalue weighted by atomic mass is 32.1. The monoisotopic (exact) mass is 345 g/mol. The molecule has 0 atom stereocenters. The van der Waals surface area contributed by atoms with Gasteiger partial charge in [0.05, 0.1) is 0 Å². The van der Waals surface area contributed by atoms with E-state index in [1.165, 1.54) is 12.8 Å². The molecular weight excluding hydrogens is 322 g/mol. The van der Waals surface area contributed by atoms with E-state index in [1.54, 1.807) is 11.3 Å². The SMILES string of the molecule is Cc1cc(N2CCCC2)nc(N2CCN(c3nnc(C)s3)CC2)n1. The van der Waals surface area contributed by atoms with Crippen LogP contribution in [0.15, 0.2) is 6.07 Å². The summed E-state index contributed by atoms with van der Waals surface area (Å²) in [5.74, 6) is 1.95. The number of nitrogens with zero attached hydrogens (tertiary/aromatic N) is 7. The summed E-state index contributed by atoms with van der Waals surface area (Å²) in [6.07, 6.45) is 2.52. The summed E-state index contributed by atoms with van der Waals surface area (Å²) in [5, 5.41) is 10.4. The molecule has 4 heterocycles. The molecule has 2 aliphatic rings. The van der Waals surface area contributed by atoms with Gasteiger partial charge in [0, 0.05) is 51.0 Å². The molecule has 0 bridgehead atoms. The van der Waals surface area contributed by atoms with Gasteiger partial charge in [-0.15, -0.1) is 10.2 Å². The molecule has 8 heteroatoms. The minimum absolute atomic E-state index is 0.866. The lowest BCUT2D eigenvalue weighted by molar-refractivity contribution is 0.635. The number of aryl methyl sites for hydroxylation is 2. The van der Waals surface area contributed by atoms with E-state index in [0.29, 0.717) is 0 Å². The molecule has 2 aliphatic heterocycles. The second-order valence-electron chi connectivity index (χ2n) is 6.44. The fourth-order valence-electron chi connectivity index (χ4n) is 3.30. The molecule has 2 aromatic heterocycles. The topological polar surface area (TPSA) is 61.3 Å². The summed E-state index contributed by atoms with van der Waals surface area (Å²) < 4.78 is 0. The molecule has 0 aromatic carbocycles. The standard InChI is InChI=1S/C16H23N7S/c1-12-11-14(21-5-3-4-6-21)18-15(17-12)22-7-9-23(10-8-22)16-20-19-13(2)24-16/h11H,3-10H2,1-2H3. The molecule has 24 heavy (non-hydrogen) atoms. The Kier molecular flexibility index (Phi) is 4.22. The van der Waals surface area contributed by atoms with Gasteiger partial charge in [-0.25, -0.2) is 4.98 Å². The van der Waals surface area contributed by atoms with Gasteiger partial charge in [0.1, 0.15) is 10.8 Å². The predicted octanol–water partition coefficient (Wildman–Crippen LogP) is 1.87. The van der Waals surface area contributed by atoms with Crippen LogP contribution in [-0.2, 0) is 0 Å². The van der Waals surface area contributed by atoms with Crippen LogP contribution in [-0.4, -0.2) is 59.4 Å². The Morgan fingerprint density at radius 2 is 1.54 bits per heavy atom. The van der Waals surface area contributed by atoms with Crippen LogP contribution in [0.3, 0.4) is 0 Å².